The Hall–Kier alpha value is -1.59. The van der Waals surface area contributed by atoms with E-state index in [4.69, 9.17) is 5.11 Å². The van der Waals surface area contributed by atoms with Crippen molar-refractivity contribution < 1.29 is 24.2 Å². The number of carboxylic acid groups (broad SMARTS) is 1. The number of methoxy groups -OCH3 is 1. The monoisotopic (exact) mass is 243 g/mol. The number of rotatable bonds is 6. The predicted octanol–water partition coefficient (Wildman–Crippen LogP) is 0.309. The van der Waals surface area contributed by atoms with E-state index < -0.39 is 18.0 Å². The van der Waals surface area contributed by atoms with Crippen molar-refractivity contribution in [1.82, 2.24) is 5.32 Å². The molecule has 1 fully saturated rings. The topological polar surface area (TPSA) is 92.7 Å². The average molecular weight is 243 g/mol. The Bertz CT molecular complexity index is 311. The molecule has 1 aliphatic rings. The third kappa shape index (κ3) is 4.05. The molecule has 2 N–H and O–H groups in total. The van der Waals surface area contributed by atoms with E-state index in [0.29, 0.717) is 0 Å². The van der Waals surface area contributed by atoms with Gasteiger partial charge in [0.15, 0.2) is 0 Å². The molecule has 0 spiro atoms. The van der Waals surface area contributed by atoms with Gasteiger partial charge in [0.05, 0.1) is 7.11 Å². The van der Waals surface area contributed by atoms with Crippen molar-refractivity contribution >= 4 is 17.8 Å². The number of hydrogen-bond donors (Lipinski definition) is 2. The second kappa shape index (κ2) is 6.22. The molecule has 0 unspecified atom stereocenters. The van der Waals surface area contributed by atoms with E-state index >= 15 is 0 Å². The van der Waals surface area contributed by atoms with Gasteiger partial charge in [0, 0.05) is 12.3 Å². The number of carbonyl (C=O) groups excluding carboxylic acids is 2. The summed E-state index contributed by atoms with van der Waals surface area (Å²) in [6.07, 6.45) is 2.68. The van der Waals surface area contributed by atoms with Crippen LogP contribution in [0.25, 0.3) is 0 Å². The second-order valence-electron chi connectivity index (χ2n) is 4.14. The lowest BCUT2D eigenvalue weighted by Gasteiger charge is -2.25. The summed E-state index contributed by atoms with van der Waals surface area (Å²) in [7, 11) is 1.24. The van der Waals surface area contributed by atoms with Gasteiger partial charge in [-0.1, -0.05) is 6.42 Å². The van der Waals surface area contributed by atoms with Crippen LogP contribution in [0.1, 0.15) is 32.1 Å². The molecule has 0 aromatic carbocycles. The molecule has 0 saturated heterocycles. The molecule has 96 valence electrons. The van der Waals surface area contributed by atoms with Crippen LogP contribution in [0.4, 0.5) is 0 Å². The highest BCUT2D eigenvalue weighted by molar-refractivity contribution is 5.85. The van der Waals surface area contributed by atoms with Gasteiger partial charge in [0.25, 0.3) is 0 Å². The molecule has 6 heteroatoms. The molecule has 6 nitrogen and oxygen atoms in total. The zero-order valence-corrected chi connectivity index (χ0v) is 9.77. The van der Waals surface area contributed by atoms with Crippen LogP contribution in [-0.2, 0) is 19.1 Å². The van der Waals surface area contributed by atoms with Crippen molar-refractivity contribution in [3.05, 3.63) is 0 Å². The highest BCUT2D eigenvalue weighted by Gasteiger charge is 2.29. The van der Waals surface area contributed by atoms with E-state index in [2.05, 4.69) is 10.1 Å². The molecule has 1 amide bonds. The Morgan fingerprint density at radius 2 is 2.06 bits per heavy atom. The Labute approximate surface area is 99.3 Å². The van der Waals surface area contributed by atoms with Crippen LogP contribution >= 0.6 is 0 Å². The van der Waals surface area contributed by atoms with Crippen LogP contribution in [0.5, 0.6) is 0 Å². The summed E-state index contributed by atoms with van der Waals surface area (Å²) in [6, 6.07) is -1.01. The standard InChI is InChI=1S/C11H17NO5/c1-17-9(13)6-5-8(11(15)16)12-10(14)7-3-2-4-7/h7-8H,2-6H2,1H3,(H,12,14)(H,15,16)/t8-/m0/s1. The number of carboxylic acids is 1. The zero-order chi connectivity index (χ0) is 12.8. The highest BCUT2D eigenvalue weighted by atomic mass is 16.5. The van der Waals surface area contributed by atoms with Crippen LogP contribution in [0.2, 0.25) is 0 Å². The molecule has 0 bridgehead atoms. The van der Waals surface area contributed by atoms with Crippen molar-refractivity contribution in [3.8, 4) is 0 Å². The smallest absolute Gasteiger partial charge is 0.326 e. The first-order chi connectivity index (χ1) is 8.04. The Morgan fingerprint density at radius 1 is 1.41 bits per heavy atom. The van der Waals surface area contributed by atoms with Gasteiger partial charge in [-0.05, 0) is 19.3 Å². The molecule has 1 rings (SSSR count). The third-order valence-electron chi connectivity index (χ3n) is 2.96. The zero-order valence-electron chi connectivity index (χ0n) is 9.77. The summed E-state index contributed by atoms with van der Waals surface area (Å²) in [6.45, 7) is 0. The first kappa shape index (κ1) is 13.5. The number of esters is 1. The summed E-state index contributed by atoms with van der Waals surface area (Å²) in [4.78, 5) is 33.4. The first-order valence-corrected chi connectivity index (χ1v) is 5.64. The number of ether oxygens (including phenoxy) is 1. The Balaban J connectivity index is 2.39. The van der Waals surface area contributed by atoms with E-state index in [1.807, 2.05) is 0 Å². The normalized spacial score (nSPS) is 16.8. The van der Waals surface area contributed by atoms with Crippen molar-refractivity contribution in [2.75, 3.05) is 7.11 Å². The lowest BCUT2D eigenvalue weighted by Crippen LogP contribution is -2.45. The van der Waals surface area contributed by atoms with E-state index in [1.165, 1.54) is 7.11 Å². The fourth-order valence-electron chi connectivity index (χ4n) is 1.58. The minimum absolute atomic E-state index is 0.0155. The third-order valence-corrected chi connectivity index (χ3v) is 2.96. The molecule has 1 atom stereocenters. The molecule has 1 saturated carbocycles. The van der Waals surface area contributed by atoms with Crippen LogP contribution in [-0.4, -0.2) is 36.1 Å². The summed E-state index contributed by atoms with van der Waals surface area (Å²) in [5.74, 6) is -1.89. The maximum absolute atomic E-state index is 11.6. The van der Waals surface area contributed by atoms with Crippen molar-refractivity contribution in [2.45, 2.75) is 38.1 Å². The summed E-state index contributed by atoms with van der Waals surface area (Å²) in [5.41, 5.74) is 0. The van der Waals surface area contributed by atoms with Crippen molar-refractivity contribution in [1.29, 1.82) is 0 Å². The molecule has 0 radical (unpaired) electrons. The quantitative estimate of drug-likeness (QED) is 0.655. The molecular formula is C11H17NO5. The minimum atomic E-state index is -1.12. The van der Waals surface area contributed by atoms with Gasteiger partial charge in [-0.15, -0.1) is 0 Å². The molecule has 17 heavy (non-hydrogen) atoms. The maximum atomic E-state index is 11.6. The van der Waals surface area contributed by atoms with Crippen LogP contribution in [0.3, 0.4) is 0 Å². The number of aliphatic carboxylic acids is 1. The van der Waals surface area contributed by atoms with Crippen molar-refractivity contribution in [2.24, 2.45) is 5.92 Å². The minimum Gasteiger partial charge on any atom is -0.480 e. The molecule has 0 aromatic rings. The fraction of sp³-hybridized carbons (Fsp3) is 0.727. The van der Waals surface area contributed by atoms with Gasteiger partial charge in [0.1, 0.15) is 6.04 Å². The van der Waals surface area contributed by atoms with E-state index in [9.17, 15) is 14.4 Å². The highest BCUT2D eigenvalue weighted by Crippen LogP contribution is 2.26. The Morgan fingerprint density at radius 3 is 2.47 bits per heavy atom. The molecule has 0 aliphatic heterocycles. The van der Waals surface area contributed by atoms with E-state index in [0.717, 1.165) is 19.3 Å². The first-order valence-electron chi connectivity index (χ1n) is 5.64. The van der Waals surface area contributed by atoms with Gasteiger partial charge in [-0.2, -0.15) is 0 Å². The van der Waals surface area contributed by atoms with Gasteiger partial charge < -0.3 is 15.2 Å². The number of nitrogens with one attached hydrogen (secondary N) is 1. The van der Waals surface area contributed by atoms with Crippen LogP contribution < -0.4 is 5.32 Å². The van der Waals surface area contributed by atoms with Crippen LogP contribution in [0.15, 0.2) is 0 Å². The number of carbonyl (C=O) groups is 3. The average Bonchev–Trinajstić information content (AvgIpc) is 2.20. The molecular weight excluding hydrogens is 226 g/mol. The predicted molar refractivity (Wildman–Crippen MR) is 58.2 cm³/mol. The summed E-state index contributed by atoms with van der Waals surface area (Å²) in [5, 5.41) is 11.4. The summed E-state index contributed by atoms with van der Waals surface area (Å²) >= 11 is 0. The number of hydrogen-bond acceptors (Lipinski definition) is 4. The Kier molecular flexibility index (Phi) is 4.93. The lowest BCUT2D eigenvalue weighted by molar-refractivity contribution is -0.145. The van der Waals surface area contributed by atoms with Crippen molar-refractivity contribution in [3.63, 3.8) is 0 Å². The van der Waals surface area contributed by atoms with E-state index in [-0.39, 0.29) is 24.7 Å². The van der Waals surface area contributed by atoms with E-state index in [1.54, 1.807) is 0 Å². The largest absolute Gasteiger partial charge is 0.480 e. The SMILES string of the molecule is COC(=O)CC[C@H](NC(=O)C1CCC1)C(=O)O. The van der Waals surface area contributed by atoms with Gasteiger partial charge in [-0.3, -0.25) is 9.59 Å². The molecule has 0 aromatic heterocycles. The molecule has 1 aliphatic carbocycles. The summed E-state index contributed by atoms with van der Waals surface area (Å²) < 4.78 is 4.42. The molecule has 0 heterocycles. The fourth-order valence-corrected chi connectivity index (χ4v) is 1.58. The van der Waals surface area contributed by atoms with Gasteiger partial charge >= 0.3 is 11.9 Å². The van der Waals surface area contributed by atoms with Crippen LogP contribution in [0, 0.1) is 5.92 Å². The lowest BCUT2D eigenvalue weighted by atomic mass is 9.84. The van der Waals surface area contributed by atoms with Gasteiger partial charge in [-0.25, -0.2) is 4.79 Å². The second-order valence-corrected chi connectivity index (χ2v) is 4.14. The maximum Gasteiger partial charge on any atom is 0.326 e. The number of amides is 1. The van der Waals surface area contributed by atoms with Gasteiger partial charge in [0.2, 0.25) is 5.91 Å².